The van der Waals surface area contributed by atoms with Gasteiger partial charge >= 0.3 is 11.8 Å². The molecule has 5 nitrogen and oxygen atoms in total. The third kappa shape index (κ3) is 5.70. The van der Waals surface area contributed by atoms with Crippen molar-refractivity contribution < 1.29 is 14.3 Å². The molecule has 0 heterocycles. The van der Waals surface area contributed by atoms with Crippen LogP contribution in [0, 0.1) is 0 Å². The van der Waals surface area contributed by atoms with Crippen LogP contribution in [-0.4, -0.2) is 37.1 Å². The molecule has 0 bridgehead atoms. The Balaban J connectivity index is 1.98. The van der Waals surface area contributed by atoms with Crippen molar-refractivity contribution in [3.05, 3.63) is 0 Å². The zero-order chi connectivity index (χ0) is 12.0. The predicted octanol–water partition coefficient (Wildman–Crippen LogP) is 0.196. The largest absolute Gasteiger partial charge is 0.379 e. The topological polar surface area (TPSA) is 67.4 Å². The number of ether oxygens (including phenoxy) is 1. The summed E-state index contributed by atoms with van der Waals surface area (Å²) in [5.41, 5.74) is 0. The number of hydrogen-bond acceptors (Lipinski definition) is 3. The van der Waals surface area contributed by atoms with E-state index >= 15 is 0 Å². The highest BCUT2D eigenvalue weighted by Crippen LogP contribution is 2.18. The van der Waals surface area contributed by atoms with Crippen molar-refractivity contribution >= 4 is 11.8 Å². The van der Waals surface area contributed by atoms with Gasteiger partial charge in [-0.25, -0.2) is 0 Å². The number of carbonyl (C=O) groups excluding carboxylic acids is 2. The summed E-state index contributed by atoms with van der Waals surface area (Å²) in [6, 6.07) is 0.225. The molecule has 2 amide bonds. The lowest BCUT2D eigenvalue weighted by Crippen LogP contribution is -2.41. The molecule has 0 atom stereocenters. The maximum absolute atomic E-state index is 11.2. The van der Waals surface area contributed by atoms with E-state index < -0.39 is 11.8 Å². The van der Waals surface area contributed by atoms with Crippen molar-refractivity contribution in [3.8, 4) is 0 Å². The van der Waals surface area contributed by atoms with Gasteiger partial charge in [-0.15, -0.1) is 0 Å². The van der Waals surface area contributed by atoms with Gasteiger partial charge < -0.3 is 15.4 Å². The first-order valence-corrected chi connectivity index (χ1v) is 5.80. The lowest BCUT2D eigenvalue weighted by atomic mass is 10.4. The van der Waals surface area contributed by atoms with Crippen molar-refractivity contribution in [3.63, 3.8) is 0 Å². The van der Waals surface area contributed by atoms with Gasteiger partial charge in [-0.05, 0) is 33.1 Å². The third-order valence-corrected chi connectivity index (χ3v) is 2.18. The molecular formula is C11H20N2O3. The fourth-order valence-corrected chi connectivity index (χ4v) is 1.15. The molecule has 16 heavy (non-hydrogen) atoms. The zero-order valence-electron chi connectivity index (χ0n) is 9.91. The Morgan fingerprint density at radius 2 is 2.00 bits per heavy atom. The van der Waals surface area contributed by atoms with E-state index in [4.69, 9.17) is 4.74 Å². The SMILES string of the molecule is CC(C)OCCCNC(=O)C(=O)NC1CC1. The van der Waals surface area contributed by atoms with Crippen LogP contribution in [0.15, 0.2) is 0 Å². The fraction of sp³-hybridized carbons (Fsp3) is 0.818. The summed E-state index contributed by atoms with van der Waals surface area (Å²) in [5, 5.41) is 5.19. The quantitative estimate of drug-likeness (QED) is 0.504. The standard InChI is InChI=1S/C11H20N2O3/c1-8(2)16-7-3-6-12-10(14)11(15)13-9-4-5-9/h8-9H,3-7H2,1-2H3,(H,12,14)(H,13,15). The number of carbonyl (C=O) groups is 2. The highest BCUT2D eigenvalue weighted by Gasteiger charge is 2.25. The van der Waals surface area contributed by atoms with Crippen LogP contribution in [0.2, 0.25) is 0 Å². The summed E-state index contributed by atoms with van der Waals surface area (Å²) < 4.78 is 5.31. The van der Waals surface area contributed by atoms with Crippen molar-refractivity contribution in [2.24, 2.45) is 0 Å². The maximum atomic E-state index is 11.2. The van der Waals surface area contributed by atoms with Gasteiger partial charge in [-0.3, -0.25) is 9.59 Å². The first kappa shape index (κ1) is 13.0. The molecule has 0 unspecified atom stereocenters. The first-order valence-electron chi connectivity index (χ1n) is 5.80. The predicted molar refractivity (Wildman–Crippen MR) is 59.9 cm³/mol. The molecular weight excluding hydrogens is 208 g/mol. The third-order valence-electron chi connectivity index (χ3n) is 2.18. The Labute approximate surface area is 95.9 Å². The molecule has 0 aromatic carbocycles. The molecule has 1 fully saturated rings. The molecule has 0 aromatic heterocycles. The van der Waals surface area contributed by atoms with Crippen LogP contribution < -0.4 is 10.6 Å². The van der Waals surface area contributed by atoms with E-state index in [9.17, 15) is 9.59 Å². The molecule has 2 N–H and O–H groups in total. The Morgan fingerprint density at radius 1 is 1.31 bits per heavy atom. The lowest BCUT2D eigenvalue weighted by Gasteiger charge is -2.08. The Bertz CT molecular complexity index is 250. The van der Waals surface area contributed by atoms with Gasteiger partial charge in [0.25, 0.3) is 0 Å². The molecule has 0 spiro atoms. The Morgan fingerprint density at radius 3 is 2.56 bits per heavy atom. The van der Waals surface area contributed by atoms with Crippen LogP contribution in [0.1, 0.15) is 33.1 Å². The average molecular weight is 228 g/mol. The Hall–Kier alpha value is -1.10. The highest BCUT2D eigenvalue weighted by atomic mass is 16.5. The van der Waals surface area contributed by atoms with E-state index in [1.807, 2.05) is 13.8 Å². The summed E-state index contributed by atoms with van der Waals surface area (Å²) in [7, 11) is 0. The number of rotatable bonds is 6. The molecule has 0 saturated heterocycles. The van der Waals surface area contributed by atoms with Gasteiger partial charge in [0.05, 0.1) is 6.10 Å². The van der Waals surface area contributed by atoms with Crippen LogP contribution >= 0.6 is 0 Å². The summed E-state index contributed by atoms with van der Waals surface area (Å²) in [6.45, 7) is 5.00. The van der Waals surface area contributed by atoms with E-state index in [1.165, 1.54) is 0 Å². The number of hydrogen-bond donors (Lipinski definition) is 2. The molecule has 0 aromatic rings. The van der Waals surface area contributed by atoms with E-state index in [0.29, 0.717) is 13.2 Å². The first-order chi connectivity index (χ1) is 7.59. The van der Waals surface area contributed by atoms with E-state index in [2.05, 4.69) is 10.6 Å². The molecule has 1 aliphatic rings. The van der Waals surface area contributed by atoms with Gasteiger partial charge in [-0.2, -0.15) is 0 Å². The smallest absolute Gasteiger partial charge is 0.309 e. The molecule has 0 radical (unpaired) electrons. The van der Waals surface area contributed by atoms with E-state index in [1.54, 1.807) is 0 Å². The summed E-state index contributed by atoms with van der Waals surface area (Å²) in [5.74, 6) is -1.07. The molecule has 1 aliphatic carbocycles. The van der Waals surface area contributed by atoms with Crippen molar-refractivity contribution in [1.29, 1.82) is 0 Å². The summed E-state index contributed by atoms with van der Waals surface area (Å²) in [6.07, 6.45) is 2.90. The summed E-state index contributed by atoms with van der Waals surface area (Å²) in [4.78, 5) is 22.5. The highest BCUT2D eigenvalue weighted by molar-refractivity contribution is 6.35. The number of nitrogens with one attached hydrogen (secondary N) is 2. The van der Waals surface area contributed by atoms with Crippen molar-refractivity contribution in [1.82, 2.24) is 10.6 Å². The molecule has 0 aliphatic heterocycles. The van der Waals surface area contributed by atoms with Gasteiger partial charge in [0.15, 0.2) is 0 Å². The number of amides is 2. The second kappa shape index (κ2) is 6.48. The van der Waals surface area contributed by atoms with Gasteiger partial charge in [0.1, 0.15) is 0 Å². The average Bonchev–Trinajstić information content (AvgIpc) is 3.00. The minimum atomic E-state index is -0.545. The van der Waals surface area contributed by atoms with Crippen LogP contribution in [0.25, 0.3) is 0 Å². The van der Waals surface area contributed by atoms with Crippen molar-refractivity contribution in [2.75, 3.05) is 13.2 Å². The zero-order valence-corrected chi connectivity index (χ0v) is 9.91. The van der Waals surface area contributed by atoms with Crippen molar-refractivity contribution in [2.45, 2.75) is 45.3 Å². The molecule has 5 heteroatoms. The minimum absolute atomic E-state index is 0.203. The van der Waals surface area contributed by atoms with E-state index in [0.717, 1.165) is 19.3 Å². The maximum Gasteiger partial charge on any atom is 0.309 e. The summed E-state index contributed by atoms with van der Waals surface area (Å²) >= 11 is 0. The van der Waals surface area contributed by atoms with Crippen LogP contribution in [0.4, 0.5) is 0 Å². The second-order valence-corrected chi connectivity index (χ2v) is 4.28. The van der Waals surface area contributed by atoms with Crippen LogP contribution in [-0.2, 0) is 14.3 Å². The van der Waals surface area contributed by atoms with Crippen LogP contribution in [0.5, 0.6) is 0 Å². The normalized spacial score (nSPS) is 14.9. The fourth-order valence-electron chi connectivity index (χ4n) is 1.15. The molecule has 1 saturated carbocycles. The lowest BCUT2D eigenvalue weighted by molar-refractivity contribution is -0.139. The van der Waals surface area contributed by atoms with Gasteiger partial charge in [-0.1, -0.05) is 0 Å². The van der Waals surface area contributed by atoms with Crippen LogP contribution in [0.3, 0.4) is 0 Å². The van der Waals surface area contributed by atoms with Gasteiger partial charge in [0.2, 0.25) is 0 Å². The second-order valence-electron chi connectivity index (χ2n) is 4.28. The monoisotopic (exact) mass is 228 g/mol. The molecule has 1 rings (SSSR count). The minimum Gasteiger partial charge on any atom is -0.379 e. The molecule has 92 valence electrons. The van der Waals surface area contributed by atoms with E-state index in [-0.39, 0.29) is 12.1 Å². The van der Waals surface area contributed by atoms with Gasteiger partial charge in [0, 0.05) is 19.2 Å². The Kier molecular flexibility index (Phi) is 5.25.